The van der Waals surface area contributed by atoms with Crippen LogP contribution in [0.2, 0.25) is 0 Å². The minimum atomic E-state index is 0.0713. The van der Waals surface area contributed by atoms with Crippen LogP contribution in [0.5, 0.6) is 0 Å². The second kappa shape index (κ2) is 6.38. The number of nitrogens with zero attached hydrogens (tertiary/aromatic N) is 3. The fourth-order valence-electron chi connectivity index (χ4n) is 1.51. The summed E-state index contributed by atoms with van der Waals surface area (Å²) in [5.41, 5.74) is 1.22. The van der Waals surface area contributed by atoms with Crippen molar-refractivity contribution in [3.8, 4) is 0 Å². The highest BCUT2D eigenvalue weighted by Crippen LogP contribution is 2.18. The van der Waals surface area contributed by atoms with E-state index >= 15 is 0 Å². The van der Waals surface area contributed by atoms with E-state index in [0.29, 0.717) is 18.1 Å². The lowest BCUT2D eigenvalue weighted by Gasteiger charge is -2.15. The van der Waals surface area contributed by atoms with Crippen LogP contribution in [0.3, 0.4) is 0 Å². The molecule has 2 rings (SSSR count). The minimum absolute atomic E-state index is 0.0713. The highest BCUT2D eigenvalue weighted by Gasteiger charge is 2.11. The van der Waals surface area contributed by atoms with Crippen LogP contribution in [0.1, 0.15) is 11.4 Å². The monoisotopic (exact) mass is 276 g/mol. The van der Waals surface area contributed by atoms with Crippen molar-refractivity contribution in [3.63, 3.8) is 0 Å². The van der Waals surface area contributed by atoms with Crippen molar-refractivity contribution < 1.29 is 4.79 Å². The van der Waals surface area contributed by atoms with Crippen molar-refractivity contribution in [2.24, 2.45) is 0 Å². The van der Waals surface area contributed by atoms with Gasteiger partial charge >= 0.3 is 0 Å². The number of benzene rings is 1. The maximum atomic E-state index is 12.0. The van der Waals surface area contributed by atoms with Crippen LogP contribution in [-0.2, 0) is 11.3 Å². The zero-order valence-electron chi connectivity index (χ0n) is 11.0. The van der Waals surface area contributed by atoms with Gasteiger partial charge in [-0.1, -0.05) is 17.7 Å². The largest absolute Gasteiger partial charge is 0.338 e. The van der Waals surface area contributed by atoms with Gasteiger partial charge in [-0.2, -0.15) is 5.10 Å². The first-order valence-electron chi connectivity index (χ1n) is 5.93. The average Bonchev–Trinajstić information content (AvgIpc) is 2.90. The van der Waals surface area contributed by atoms with Crippen LogP contribution in [0, 0.1) is 6.92 Å². The van der Waals surface area contributed by atoms with Gasteiger partial charge in [0.15, 0.2) is 0 Å². The van der Waals surface area contributed by atoms with E-state index in [4.69, 9.17) is 0 Å². The molecule has 0 aliphatic rings. The fourth-order valence-corrected chi connectivity index (χ4v) is 2.35. The van der Waals surface area contributed by atoms with Crippen LogP contribution in [0.15, 0.2) is 35.5 Å². The zero-order valence-corrected chi connectivity index (χ0v) is 11.8. The van der Waals surface area contributed by atoms with Gasteiger partial charge in [0.1, 0.15) is 12.2 Å². The Morgan fingerprint density at radius 1 is 1.37 bits per heavy atom. The Labute approximate surface area is 116 Å². The summed E-state index contributed by atoms with van der Waals surface area (Å²) in [7, 11) is 1.76. The molecule has 1 amide bonds. The number of hydrogen-bond acceptors (Lipinski definition) is 4. The van der Waals surface area contributed by atoms with Crippen LogP contribution >= 0.6 is 11.8 Å². The summed E-state index contributed by atoms with van der Waals surface area (Å²) in [5, 5.41) is 6.50. The molecule has 19 heavy (non-hydrogen) atoms. The molecule has 0 saturated carbocycles. The summed E-state index contributed by atoms with van der Waals surface area (Å²) in [6, 6.07) is 8.16. The maximum absolute atomic E-state index is 12.0. The van der Waals surface area contributed by atoms with Crippen molar-refractivity contribution in [2.45, 2.75) is 18.4 Å². The molecule has 100 valence electrons. The van der Waals surface area contributed by atoms with Gasteiger partial charge in [0.25, 0.3) is 0 Å². The number of aromatic nitrogens is 3. The molecule has 1 aromatic heterocycles. The van der Waals surface area contributed by atoms with Gasteiger partial charge in [0.2, 0.25) is 5.91 Å². The Morgan fingerprint density at radius 2 is 2.11 bits per heavy atom. The lowest BCUT2D eigenvalue weighted by atomic mass is 10.2. The van der Waals surface area contributed by atoms with Gasteiger partial charge in [-0.05, 0) is 19.1 Å². The molecule has 6 heteroatoms. The van der Waals surface area contributed by atoms with Crippen LogP contribution in [0.25, 0.3) is 0 Å². The highest BCUT2D eigenvalue weighted by molar-refractivity contribution is 8.00. The van der Waals surface area contributed by atoms with Gasteiger partial charge in [-0.15, -0.1) is 11.8 Å². The topological polar surface area (TPSA) is 61.9 Å². The summed E-state index contributed by atoms with van der Waals surface area (Å²) in [6.45, 7) is 2.50. The van der Waals surface area contributed by atoms with Crippen molar-refractivity contribution >= 4 is 17.7 Å². The van der Waals surface area contributed by atoms with E-state index < -0.39 is 0 Å². The average molecular weight is 276 g/mol. The van der Waals surface area contributed by atoms with E-state index in [0.717, 1.165) is 4.90 Å². The van der Waals surface area contributed by atoms with Crippen molar-refractivity contribution in [1.82, 2.24) is 20.1 Å². The molecule has 1 N–H and O–H groups in total. The Balaban J connectivity index is 1.82. The molecule has 5 nitrogen and oxygen atoms in total. The van der Waals surface area contributed by atoms with E-state index in [2.05, 4.69) is 15.2 Å². The third kappa shape index (κ3) is 4.10. The molecule has 0 radical (unpaired) electrons. The first-order chi connectivity index (χ1) is 9.15. The molecule has 1 aromatic carbocycles. The second-order valence-electron chi connectivity index (χ2n) is 4.28. The minimum Gasteiger partial charge on any atom is -0.338 e. The van der Waals surface area contributed by atoms with Gasteiger partial charge in [-0.25, -0.2) is 4.98 Å². The predicted octanol–water partition coefficient (Wildman–Crippen LogP) is 1.86. The standard InChI is InChI=1S/C13H16N4OS/c1-10-3-5-11(6-4-10)19-8-13(18)17(2)7-12-14-9-15-16-12/h3-6,9H,7-8H2,1-2H3,(H,14,15,16). The summed E-state index contributed by atoms with van der Waals surface area (Å²) < 4.78 is 0. The molecule has 0 saturated heterocycles. The van der Waals surface area contributed by atoms with Crippen LogP contribution in [0.4, 0.5) is 0 Å². The molecule has 0 fully saturated rings. The molecule has 0 bridgehead atoms. The van der Waals surface area contributed by atoms with E-state index in [1.165, 1.54) is 11.9 Å². The first-order valence-corrected chi connectivity index (χ1v) is 6.91. The number of hydrogen-bond donors (Lipinski definition) is 1. The number of rotatable bonds is 5. The van der Waals surface area contributed by atoms with Gasteiger partial charge in [0.05, 0.1) is 12.3 Å². The van der Waals surface area contributed by atoms with Crippen LogP contribution in [-0.4, -0.2) is 38.8 Å². The first kappa shape index (κ1) is 13.6. The smallest absolute Gasteiger partial charge is 0.233 e. The normalized spacial score (nSPS) is 10.4. The Hall–Kier alpha value is -1.82. The molecule has 0 unspecified atom stereocenters. The highest BCUT2D eigenvalue weighted by atomic mass is 32.2. The third-order valence-electron chi connectivity index (χ3n) is 2.66. The molecular weight excluding hydrogens is 260 g/mol. The third-order valence-corrected chi connectivity index (χ3v) is 3.66. The quantitative estimate of drug-likeness (QED) is 0.847. The maximum Gasteiger partial charge on any atom is 0.233 e. The Bertz CT molecular complexity index is 524. The lowest BCUT2D eigenvalue weighted by molar-refractivity contribution is -0.127. The molecule has 0 aliphatic heterocycles. The van der Waals surface area contributed by atoms with Gasteiger partial charge < -0.3 is 4.90 Å². The summed E-state index contributed by atoms with van der Waals surface area (Å²) >= 11 is 1.54. The molecular formula is C13H16N4OS. The molecule has 1 heterocycles. The second-order valence-corrected chi connectivity index (χ2v) is 5.33. The SMILES string of the molecule is Cc1ccc(SCC(=O)N(C)Cc2ncn[nH]2)cc1. The number of amides is 1. The van der Waals surface area contributed by atoms with Crippen molar-refractivity contribution in [2.75, 3.05) is 12.8 Å². The summed E-state index contributed by atoms with van der Waals surface area (Å²) in [5.74, 6) is 1.19. The number of aromatic amines is 1. The summed E-state index contributed by atoms with van der Waals surface area (Å²) in [4.78, 5) is 18.7. The number of nitrogens with one attached hydrogen (secondary N) is 1. The van der Waals surface area contributed by atoms with Gasteiger partial charge in [0, 0.05) is 11.9 Å². The zero-order chi connectivity index (χ0) is 13.7. The predicted molar refractivity (Wildman–Crippen MR) is 74.8 cm³/mol. The van der Waals surface area contributed by atoms with E-state index in [1.807, 2.05) is 31.2 Å². The molecule has 0 aliphatic carbocycles. The number of H-pyrrole nitrogens is 1. The lowest BCUT2D eigenvalue weighted by Crippen LogP contribution is -2.28. The molecule has 0 spiro atoms. The fraction of sp³-hybridized carbons (Fsp3) is 0.308. The Kier molecular flexibility index (Phi) is 4.57. The number of carbonyl (C=O) groups is 1. The molecule has 0 atom stereocenters. The van der Waals surface area contributed by atoms with Crippen molar-refractivity contribution in [1.29, 1.82) is 0 Å². The number of thioether (sulfide) groups is 1. The van der Waals surface area contributed by atoms with Gasteiger partial charge in [-0.3, -0.25) is 9.89 Å². The Morgan fingerprint density at radius 3 is 2.74 bits per heavy atom. The summed E-state index contributed by atoms with van der Waals surface area (Å²) in [6.07, 6.45) is 1.44. The van der Waals surface area contributed by atoms with E-state index in [9.17, 15) is 4.79 Å². The number of aryl methyl sites for hydroxylation is 1. The van der Waals surface area contributed by atoms with Crippen molar-refractivity contribution in [3.05, 3.63) is 42.0 Å². The van der Waals surface area contributed by atoms with E-state index in [-0.39, 0.29) is 5.91 Å². The van der Waals surface area contributed by atoms with E-state index in [1.54, 1.807) is 23.7 Å². The van der Waals surface area contributed by atoms with Crippen LogP contribution < -0.4 is 0 Å². The molecule has 2 aromatic rings. The number of carbonyl (C=O) groups excluding carboxylic acids is 1.